The maximum atomic E-state index is 14.6. The van der Waals surface area contributed by atoms with Gasteiger partial charge in [0.25, 0.3) is 5.91 Å². The van der Waals surface area contributed by atoms with E-state index in [1.807, 2.05) is 0 Å². The summed E-state index contributed by atoms with van der Waals surface area (Å²) in [5, 5.41) is 9.42. The lowest BCUT2D eigenvalue weighted by Crippen LogP contribution is -2.50. The third kappa shape index (κ3) is 4.49. The number of nitrogens with two attached hydrogens (primary N) is 1. The first-order valence-corrected chi connectivity index (χ1v) is 12.1. The van der Waals surface area contributed by atoms with Crippen LogP contribution in [-0.4, -0.2) is 46.7 Å². The summed E-state index contributed by atoms with van der Waals surface area (Å²) in [7, 11) is 0. The fourth-order valence-corrected chi connectivity index (χ4v) is 5.33. The van der Waals surface area contributed by atoms with Gasteiger partial charge in [0.05, 0.1) is 12.0 Å². The molecule has 4 rings (SSSR count). The molecule has 2 aliphatic rings. The highest BCUT2D eigenvalue weighted by Gasteiger charge is 2.52. The van der Waals surface area contributed by atoms with Gasteiger partial charge in [-0.05, 0) is 69.2 Å². The van der Waals surface area contributed by atoms with Gasteiger partial charge in [-0.1, -0.05) is 30.3 Å². The summed E-state index contributed by atoms with van der Waals surface area (Å²) in [6.45, 7) is -0.188. The van der Waals surface area contributed by atoms with E-state index in [1.165, 1.54) is 30.3 Å². The van der Waals surface area contributed by atoms with Crippen molar-refractivity contribution in [2.45, 2.75) is 74.5 Å². The van der Waals surface area contributed by atoms with Crippen molar-refractivity contribution in [1.82, 2.24) is 4.90 Å². The highest BCUT2D eigenvalue weighted by atomic mass is 19.4. The summed E-state index contributed by atoms with van der Waals surface area (Å²) < 4.78 is 55.1. The Balaban J connectivity index is 1.55. The minimum atomic E-state index is -4.65. The summed E-state index contributed by atoms with van der Waals surface area (Å²) in [6, 6.07) is 11.1. The predicted octanol–water partition coefficient (Wildman–Crippen LogP) is 4.61. The smallest absolute Gasteiger partial charge is 0.395 e. The zero-order chi connectivity index (χ0) is 26.3. The molecule has 1 atom stereocenters. The molecule has 5 nitrogen and oxygen atoms in total. The van der Waals surface area contributed by atoms with Gasteiger partial charge in [0.1, 0.15) is 11.2 Å². The van der Waals surface area contributed by atoms with Crippen LogP contribution in [0.4, 0.5) is 17.6 Å². The second kappa shape index (κ2) is 9.50. The van der Waals surface area contributed by atoms with E-state index >= 15 is 0 Å². The molecule has 2 aromatic rings. The molecule has 36 heavy (non-hydrogen) atoms. The number of alkyl halides is 3. The van der Waals surface area contributed by atoms with Crippen molar-refractivity contribution in [3.8, 4) is 0 Å². The zero-order valence-electron chi connectivity index (χ0n) is 20.0. The number of aliphatic hydroxyl groups is 1. The second-order valence-corrected chi connectivity index (χ2v) is 10.2. The number of primary amides is 1. The molecule has 0 heterocycles. The van der Waals surface area contributed by atoms with Crippen LogP contribution in [0.15, 0.2) is 48.5 Å². The Kier molecular flexibility index (Phi) is 6.90. The number of halogens is 4. The number of benzene rings is 2. The minimum Gasteiger partial charge on any atom is -0.395 e. The molecular formula is C27H30F4N2O3. The molecule has 0 aliphatic heterocycles. The van der Waals surface area contributed by atoms with E-state index in [1.54, 1.807) is 23.1 Å². The van der Waals surface area contributed by atoms with Crippen molar-refractivity contribution in [3.05, 3.63) is 71.0 Å². The normalized spacial score (nSPS) is 24.1. The van der Waals surface area contributed by atoms with E-state index in [9.17, 15) is 32.3 Å². The number of carbonyl (C=O) groups is 2. The quantitative estimate of drug-likeness (QED) is 0.538. The highest BCUT2D eigenvalue weighted by molar-refractivity contribution is 5.95. The Labute approximate surface area is 207 Å². The Morgan fingerprint density at radius 1 is 1.00 bits per heavy atom. The van der Waals surface area contributed by atoms with E-state index < -0.39 is 35.3 Å². The van der Waals surface area contributed by atoms with E-state index in [2.05, 4.69) is 0 Å². The largest absolute Gasteiger partial charge is 0.400 e. The number of rotatable bonds is 7. The molecule has 0 saturated heterocycles. The number of amides is 2. The van der Waals surface area contributed by atoms with Crippen LogP contribution >= 0.6 is 0 Å². The van der Waals surface area contributed by atoms with Crippen LogP contribution in [0.2, 0.25) is 0 Å². The summed E-state index contributed by atoms with van der Waals surface area (Å²) in [6.07, 6.45) is -1.51. The average Bonchev–Trinajstić information content (AvgIpc) is 3.69. The van der Waals surface area contributed by atoms with Gasteiger partial charge in [-0.15, -0.1) is 0 Å². The van der Waals surface area contributed by atoms with Gasteiger partial charge < -0.3 is 15.7 Å². The number of aliphatic hydroxyl groups excluding tert-OH is 1. The zero-order valence-corrected chi connectivity index (χ0v) is 20.0. The van der Waals surface area contributed by atoms with E-state index in [0.717, 1.165) is 19.8 Å². The summed E-state index contributed by atoms with van der Waals surface area (Å²) in [5.41, 5.74) is 2.58. The Hall–Kier alpha value is -2.94. The van der Waals surface area contributed by atoms with Gasteiger partial charge in [0, 0.05) is 23.2 Å². The van der Waals surface area contributed by atoms with Crippen molar-refractivity contribution in [3.63, 3.8) is 0 Å². The first kappa shape index (κ1) is 26.1. The number of nitrogens with zero attached hydrogens (tertiary/aromatic N) is 1. The molecule has 2 aromatic carbocycles. The molecule has 0 radical (unpaired) electrons. The molecule has 9 heteroatoms. The molecule has 2 aliphatic carbocycles. The van der Waals surface area contributed by atoms with Crippen LogP contribution in [0.1, 0.15) is 66.9 Å². The fraction of sp³-hybridized carbons (Fsp3) is 0.481. The van der Waals surface area contributed by atoms with Gasteiger partial charge in [-0.25, -0.2) is 4.39 Å². The van der Waals surface area contributed by atoms with Crippen LogP contribution < -0.4 is 5.73 Å². The van der Waals surface area contributed by atoms with Gasteiger partial charge >= 0.3 is 6.18 Å². The molecule has 3 N–H and O–H groups in total. The molecule has 2 saturated carbocycles. The first-order chi connectivity index (χ1) is 16.9. The Morgan fingerprint density at radius 3 is 2.03 bits per heavy atom. The lowest BCUT2D eigenvalue weighted by atomic mass is 9.67. The molecule has 194 valence electrons. The van der Waals surface area contributed by atoms with Crippen molar-refractivity contribution < 1.29 is 32.3 Å². The standard InChI is InChI=1S/C27H30F4N2O3/c1-25(16-34,27(29,30)31)18-8-6-17(7-9-18)23(35)33(19-10-11-19)20-12-14-26(15-13-20,24(32)36)21-4-2-3-5-22(21)28/h2-9,19-20,34H,10-16H2,1H3,(H2,32,36)/t20?,25-,26?/m1/s1. The third-order valence-electron chi connectivity index (χ3n) is 7.95. The molecule has 2 fully saturated rings. The topological polar surface area (TPSA) is 83.6 Å². The van der Waals surface area contributed by atoms with Crippen molar-refractivity contribution in [2.75, 3.05) is 6.61 Å². The maximum Gasteiger partial charge on any atom is 0.400 e. The average molecular weight is 507 g/mol. The third-order valence-corrected chi connectivity index (χ3v) is 7.95. The number of hydrogen-bond acceptors (Lipinski definition) is 3. The van der Waals surface area contributed by atoms with E-state index in [0.29, 0.717) is 25.7 Å². The van der Waals surface area contributed by atoms with Crippen LogP contribution in [-0.2, 0) is 15.6 Å². The summed E-state index contributed by atoms with van der Waals surface area (Å²) >= 11 is 0. The van der Waals surface area contributed by atoms with Crippen molar-refractivity contribution in [2.24, 2.45) is 5.73 Å². The minimum absolute atomic E-state index is 0.0228. The monoisotopic (exact) mass is 506 g/mol. The van der Waals surface area contributed by atoms with Gasteiger partial charge in [-0.2, -0.15) is 13.2 Å². The van der Waals surface area contributed by atoms with Crippen LogP contribution in [0, 0.1) is 5.82 Å². The van der Waals surface area contributed by atoms with E-state index in [4.69, 9.17) is 5.73 Å². The van der Waals surface area contributed by atoms with Crippen LogP contribution in [0.5, 0.6) is 0 Å². The van der Waals surface area contributed by atoms with Crippen LogP contribution in [0.3, 0.4) is 0 Å². The summed E-state index contributed by atoms with van der Waals surface area (Å²) in [5.74, 6) is -1.37. The van der Waals surface area contributed by atoms with Crippen molar-refractivity contribution >= 4 is 11.8 Å². The molecule has 0 bridgehead atoms. The Bertz CT molecular complexity index is 1120. The molecule has 2 amide bonds. The number of hydrogen-bond donors (Lipinski definition) is 2. The second-order valence-electron chi connectivity index (χ2n) is 10.2. The lowest BCUT2D eigenvalue weighted by molar-refractivity contribution is -0.195. The van der Waals surface area contributed by atoms with Crippen LogP contribution in [0.25, 0.3) is 0 Å². The van der Waals surface area contributed by atoms with Gasteiger partial charge in [-0.3, -0.25) is 9.59 Å². The molecule has 0 unspecified atom stereocenters. The molecular weight excluding hydrogens is 476 g/mol. The fourth-order valence-electron chi connectivity index (χ4n) is 5.33. The SMILES string of the molecule is C[C@@](CO)(c1ccc(C(=O)N(C2CC2)C2CCC(C(N)=O)(c3ccccc3F)CC2)cc1)C(F)(F)F. The lowest BCUT2D eigenvalue weighted by Gasteiger charge is -2.42. The summed E-state index contributed by atoms with van der Waals surface area (Å²) in [4.78, 5) is 27.7. The van der Waals surface area contributed by atoms with Gasteiger partial charge in [0.15, 0.2) is 0 Å². The predicted molar refractivity (Wildman–Crippen MR) is 126 cm³/mol. The Morgan fingerprint density at radius 2 is 1.56 bits per heavy atom. The van der Waals surface area contributed by atoms with Gasteiger partial charge in [0.2, 0.25) is 5.91 Å². The van der Waals surface area contributed by atoms with E-state index in [-0.39, 0.29) is 34.7 Å². The molecule has 0 spiro atoms. The highest BCUT2D eigenvalue weighted by Crippen LogP contribution is 2.44. The maximum absolute atomic E-state index is 14.6. The molecule has 0 aromatic heterocycles. The number of carbonyl (C=O) groups excluding carboxylic acids is 2. The van der Waals surface area contributed by atoms with Crippen molar-refractivity contribution in [1.29, 1.82) is 0 Å². The first-order valence-electron chi connectivity index (χ1n) is 12.1.